The Balaban J connectivity index is 1.49. The number of amidine groups is 1. The van der Waals surface area contributed by atoms with Crippen molar-refractivity contribution in [1.29, 1.82) is 0 Å². The Morgan fingerprint density at radius 1 is 1.13 bits per heavy atom. The summed E-state index contributed by atoms with van der Waals surface area (Å²) in [5.41, 5.74) is 0.639. The van der Waals surface area contributed by atoms with Gasteiger partial charge in [0.1, 0.15) is 10.7 Å². The van der Waals surface area contributed by atoms with E-state index in [1.807, 2.05) is 4.90 Å². The van der Waals surface area contributed by atoms with Gasteiger partial charge in [0.05, 0.1) is 11.3 Å². The zero-order valence-corrected chi connectivity index (χ0v) is 18.6. The number of benzene rings is 1. The summed E-state index contributed by atoms with van der Waals surface area (Å²) in [5.74, 6) is -0.493. The summed E-state index contributed by atoms with van der Waals surface area (Å²) in [6.45, 7) is 2.22. The molecular formula is C22H29N3O5S. The van der Waals surface area contributed by atoms with Crippen LogP contribution in [-0.4, -0.2) is 44.8 Å². The third-order valence-electron chi connectivity index (χ3n) is 6.19. The second-order valence-electron chi connectivity index (χ2n) is 8.52. The van der Waals surface area contributed by atoms with Crippen LogP contribution in [0.5, 0.6) is 0 Å². The van der Waals surface area contributed by atoms with Crippen LogP contribution in [-0.2, 0) is 19.6 Å². The number of hydrogen-bond donors (Lipinski definition) is 1. The minimum Gasteiger partial charge on any atom is -0.449 e. The van der Waals surface area contributed by atoms with Crippen LogP contribution in [0.15, 0.2) is 27.5 Å². The molecule has 0 bridgehead atoms. The minimum absolute atomic E-state index is 0.00640. The van der Waals surface area contributed by atoms with Crippen LogP contribution in [0, 0.1) is 0 Å². The maximum Gasteiger partial charge on any atom is 0.338 e. The van der Waals surface area contributed by atoms with Gasteiger partial charge in [0.2, 0.25) is 0 Å². The quantitative estimate of drug-likeness (QED) is 0.711. The summed E-state index contributed by atoms with van der Waals surface area (Å²) in [6.07, 6.45) is 7.78. The first-order valence-corrected chi connectivity index (χ1v) is 12.6. The van der Waals surface area contributed by atoms with Gasteiger partial charge in [0, 0.05) is 19.0 Å². The van der Waals surface area contributed by atoms with Crippen molar-refractivity contribution in [1.82, 2.24) is 5.32 Å². The van der Waals surface area contributed by atoms with Crippen molar-refractivity contribution in [3.05, 3.63) is 23.8 Å². The van der Waals surface area contributed by atoms with Crippen LogP contribution >= 0.6 is 0 Å². The molecule has 3 aliphatic rings. The number of amides is 1. The van der Waals surface area contributed by atoms with Gasteiger partial charge in [-0.2, -0.15) is 8.42 Å². The molecule has 0 spiro atoms. The molecule has 9 heteroatoms. The number of sulfonamides is 1. The molecule has 1 aliphatic carbocycles. The van der Waals surface area contributed by atoms with Gasteiger partial charge < -0.3 is 15.0 Å². The van der Waals surface area contributed by atoms with Crippen molar-refractivity contribution < 1.29 is 22.7 Å². The molecule has 2 aliphatic heterocycles. The Hall–Kier alpha value is -2.42. The SMILES string of the molecule is C[C@@H](OC(=O)c1ccc2c(c1)S(=O)(=O)N=C1CCCCCN12)C(=O)NC1CCCCC1. The summed E-state index contributed by atoms with van der Waals surface area (Å²) in [4.78, 5) is 27.0. The maximum atomic E-state index is 12.7. The molecule has 1 aromatic carbocycles. The van der Waals surface area contributed by atoms with Gasteiger partial charge in [-0.05, 0) is 50.8 Å². The zero-order valence-electron chi connectivity index (χ0n) is 17.8. The highest BCUT2D eigenvalue weighted by molar-refractivity contribution is 7.90. The third kappa shape index (κ3) is 4.76. The summed E-state index contributed by atoms with van der Waals surface area (Å²) < 4.78 is 34.8. The van der Waals surface area contributed by atoms with Gasteiger partial charge >= 0.3 is 5.97 Å². The van der Waals surface area contributed by atoms with E-state index in [1.54, 1.807) is 12.1 Å². The molecule has 1 N–H and O–H groups in total. The molecule has 8 nitrogen and oxygen atoms in total. The molecule has 1 aromatic rings. The fourth-order valence-corrected chi connectivity index (χ4v) is 5.74. The molecule has 31 heavy (non-hydrogen) atoms. The van der Waals surface area contributed by atoms with Gasteiger partial charge in [-0.1, -0.05) is 25.7 Å². The number of anilines is 1. The summed E-state index contributed by atoms with van der Waals surface area (Å²) in [6, 6.07) is 4.62. The molecule has 4 rings (SSSR count). The number of carbonyl (C=O) groups is 2. The number of nitrogens with zero attached hydrogens (tertiary/aromatic N) is 2. The Morgan fingerprint density at radius 2 is 1.87 bits per heavy atom. The second kappa shape index (κ2) is 8.98. The van der Waals surface area contributed by atoms with E-state index in [0.717, 1.165) is 44.9 Å². The van der Waals surface area contributed by atoms with Crippen molar-refractivity contribution in [3.63, 3.8) is 0 Å². The van der Waals surface area contributed by atoms with Crippen molar-refractivity contribution in [2.24, 2.45) is 4.40 Å². The number of nitrogens with one attached hydrogen (secondary N) is 1. The van der Waals surface area contributed by atoms with Crippen LogP contribution in [0.1, 0.15) is 75.1 Å². The molecule has 1 amide bonds. The average Bonchev–Trinajstić information content (AvgIpc) is 2.99. The van der Waals surface area contributed by atoms with E-state index in [9.17, 15) is 18.0 Å². The zero-order chi connectivity index (χ0) is 22.0. The smallest absolute Gasteiger partial charge is 0.338 e. The summed E-state index contributed by atoms with van der Waals surface area (Å²) >= 11 is 0. The first kappa shape index (κ1) is 21.8. The Morgan fingerprint density at radius 3 is 2.65 bits per heavy atom. The summed E-state index contributed by atoms with van der Waals surface area (Å²) in [5, 5.41) is 2.94. The highest BCUT2D eigenvalue weighted by Gasteiger charge is 2.32. The predicted molar refractivity (Wildman–Crippen MR) is 117 cm³/mol. The van der Waals surface area contributed by atoms with Gasteiger partial charge in [-0.3, -0.25) is 4.79 Å². The molecule has 1 saturated heterocycles. The maximum absolute atomic E-state index is 12.7. The number of esters is 1. The van der Waals surface area contributed by atoms with Crippen LogP contribution in [0.25, 0.3) is 0 Å². The molecule has 0 radical (unpaired) electrons. The van der Waals surface area contributed by atoms with E-state index in [2.05, 4.69) is 9.71 Å². The highest BCUT2D eigenvalue weighted by atomic mass is 32.2. The van der Waals surface area contributed by atoms with Gasteiger partial charge in [-0.15, -0.1) is 4.40 Å². The molecule has 0 aromatic heterocycles. The largest absolute Gasteiger partial charge is 0.449 e. The number of ether oxygens (including phenoxy) is 1. The van der Waals surface area contributed by atoms with Crippen molar-refractivity contribution in [2.45, 2.75) is 81.8 Å². The molecule has 168 valence electrons. The molecule has 1 atom stereocenters. The summed E-state index contributed by atoms with van der Waals surface area (Å²) in [7, 11) is -3.89. The Labute approximate surface area is 183 Å². The minimum atomic E-state index is -3.89. The number of carbonyl (C=O) groups excluding carboxylic acids is 2. The van der Waals surface area contributed by atoms with E-state index in [1.165, 1.54) is 19.4 Å². The van der Waals surface area contributed by atoms with Crippen molar-refractivity contribution in [3.8, 4) is 0 Å². The number of fused-ring (bicyclic) bond motifs is 3. The van der Waals surface area contributed by atoms with Crippen LogP contribution in [0.2, 0.25) is 0 Å². The molecule has 2 heterocycles. The molecule has 1 saturated carbocycles. The Kier molecular flexibility index (Phi) is 6.31. The predicted octanol–water partition coefficient (Wildman–Crippen LogP) is 3.16. The van der Waals surface area contributed by atoms with E-state index in [-0.39, 0.29) is 22.4 Å². The number of hydrogen-bond acceptors (Lipinski definition) is 6. The van der Waals surface area contributed by atoms with Crippen molar-refractivity contribution >= 4 is 33.4 Å². The van der Waals surface area contributed by atoms with E-state index < -0.39 is 22.1 Å². The van der Waals surface area contributed by atoms with Gasteiger partial charge in [0.15, 0.2) is 6.10 Å². The fourth-order valence-electron chi connectivity index (χ4n) is 4.45. The lowest BCUT2D eigenvalue weighted by Gasteiger charge is -2.29. The molecular weight excluding hydrogens is 418 g/mol. The van der Waals surface area contributed by atoms with Crippen LogP contribution < -0.4 is 10.2 Å². The lowest BCUT2D eigenvalue weighted by molar-refractivity contribution is -0.130. The third-order valence-corrected chi connectivity index (χ3v) is 7.52. The average molecular weight is 448 g/mol. The van der Waals surface area contributed by atoms with E-state index in [4.69, 9.17) is 4.74 Å². The lowest BCUT2D eigenvalue weighted by Crippen LogP contribution is -2.42. The first-order valence-electron chi connectivity index (χ1n) is 11.1. The topological polar surface area (TPSA) is 105 Å². The normalized spacial score (nSPS) is 21.7. The van der Waals surface area contributed by atoms with Crippen LogP contribution in [0.4, 0.5) is 5.69 Å². The lowest BCUT2D eigenvalue weighted by atomic mass is 9.95. The molecule has 0 unspecified atom stereocenters. The highest BCUT2D eigenvalue weighted by Crippen LogP contribution is 2.35. The standard InChI is InChI=1S/C22H29N3O5S/c1-15(21(26)23-17-8-4-2-5-9-17)30-22(27)16-11-12-18-19(14-16)31(28,29)24-20-10-6-3-7-13-25(18)20/h11-12,14-15,17H,2-10,13H2,1H3,(H,23,26)/t15-/m1/s1. The van der Waals surface area contributed by atoms with Gasteiger partial charge in [-0.25, -0.2) is 4.79 Å². The first-order chi connectivity index (χ1) is 14.8. The second-order valence-corrected chi connectivity index (χ2v) is 10.1. The Bertz CT molecular complexity index is 998. The van der Waals surface area contributed by atoms with E-state index in [0.29, 0.717) is 24.5 Å². The van der Waals surface area contributed by atoms with Crippen molar-refractivity contribution in [2.75, 3.05) is 11.4 Å². The number of rotatable bonds is 4. The monoisotopic (exact) mass is 447 g/mol. The van der Waals surface area contributed by atoms with Gasteiger partial charge in [0.25, 0.3) is 15.9 Å². The van der Waals surface area contributed by atoms with Crippen LogP contribution in [0.3, 0.4) is 0 Å². The van der Waals surface area contributed by atoms with E-state index >= 15 is 0 Å². The fraction of sp³-hybridized carbons (Fsp3) is 0.591. The molecule has 2 fully saturated rings.